The van der Waals surface area contributed by atoms with Crippen LogP contribution in [0.3, 0.4) is 0 Å². The monoisotopic (exact) mass is 535 g/mol. The fourth-order valence-corrected chi connectivity index (χ4v) is 7.42. The molecule has 0 aliphatic carbocycles. The van der Waals surface area contributed by atoms with Gasteiger partial charge in [-0.3, -0.25) is 4.79 Å². The Hall–Kier alpha value is -2.96. The maximum atomic E-state index is 13.3. The minimum absolute atomic E-state index is 0.133. The Bertz CT molecular complexity index is 1270. The smallest absolute Gasteiger partial charge is 0.410 e. The molecule has 1 saturated heterocycles. The summed E-state index contributed by atoms with van der Waals surface area (Å²) in [4.78, 5) is 40.6. The van der Waals surface area contributed by atoms with Crippen molar-refractivity contribution in [1.82, 2.24) is 9.21 Å². The van der Waals surface area contributed by atoms with Gasteiger partial charge in [-0.1, -0.05) is 17.7 Å². The molecular weight excluding hydrogens is 506 g/mol. The van der Waals surface area contributed by atoms with Gasteiger partial charge in [0.1, 0.15) is 11.0 Å². The van der Waals surface area contributed by atoms with Gasteiger partial charge in [0.05, 0.1) is 30.7 Å². The Kier molecular flexibility index (Phi) is 7.67. The van der Waals surface area contributed by atoms with Gasteiger partial charge in [-0.05, 0) is 50.8 Å². The number of amides is 2. The van der Waals surface area contributed by atoms with E-state index in [0.717, 1.165) is 16.0 Å². The molecule has 0 bridgehead atoms. The molecule has 0 saturated carbocycles. The lowest BCUT2D eigenvalue weighted by Crippen LogP contribution is -2.43. The predicted octanol–water partition coefficient (Wildman–Crippen LogP) is 3.15. The molecule has 1 aromatic heterocycles. The second-order valence-electron chi connectivity index (χ2n) is 8.65. The summed E-state index contributed by atoms with van der Waals surface area (Å²) in [5.41, 5.74) is 1.90. The zero-order valence-electron chi connectivity index (χ0n) is 20.4. The Morgan fingerprint density at radius 2 is 1.89 bits per heavy atom. The molecule has 36 heavy (non-hydrogen) atoms. The first-order valence-corrected chi connectivity index (χ1v) is 14.0. The van der Waals surface area contributed by atoms with E-state index in [0.29, 0.717) is 30.8 Å². The van der Waals surface area contributed by atoms with Crippen LogP contribution in [0.25, 0.3) is 0 Å². The van der Waals surface area contributed by atoms with Crippen molar-refractivity contribution in [1.29, 1.82) is 0 Å². The number of hydrogen-bond donors (Lipinski definition) is 1. The van der Waals surface area contributed by atoms with Crippen LogP contribution >= 0.6 is 11.3 Å². The fraction of sp³-hybridized carbons (Fsp3) is 0.458. The van der Waals surface area contributed by atoms with E-state index in [2.05, 4.69) is 5.32 Å². The Labute approximate surface area is 214 Å². The van der Waals surface area contributed by atoms with E-state index < -0.39 is 34.0 Å². The van der Waals surface area contributed by atoms with Crippen molar-refractivity contribution in [2.24, 2.45) is 0 Å². The van der Waals surface area contributed by atoms with Gasteiger partial charge in [0, 0.05) is 18.0 Å². The standard InChI is InChI=1S/C24H29N3O7S2/c1-4-34-24(30)26-13-11-17-19(14-26)35-22(20(17)23(29)33-3)25-21(28)18-6-5-12-27(18)36(31,32)16-9-7-15(2)8-10-16/h7-10,18H,4-6,11-14H2,1-3H3,(H,25,28). The first kappa shape index (κ1) is 26.1. The highest BCUT2D eigenvalue weighted by atomic mass is 32.2. The molecule has 4 rings (SSSR count). The lowest BCUT2D eigenvalue weighted by atomic mass is 10.0. The highest BCUT2D eigenvalue weighted by molar-refractivity contribution is 7.89. The third-order valence-electron chi connectivity index (χ3n) is 6.34. The van der Waals surface area contributed by atoms with E-state index in [-0.39, 0.29) is 30.2 Å². The number of sulfonamides is 1. The average Bonchev–Trinajstić information content (AvgIpc) is 3.49. The van der Waals surface area contributed by atoms with Gasteiger partial charge in [-0.25, -0.2) is 18.0 Å². The Morgan fingerprint density at radius 1 is 1.17 bits per heavy atom. The molecule has 0 radical (unpaired) electrons. The largest absolute Gasteiger partial charge is 0.465 e. The van der Waals surface area contributed by atoms with Crippen LogP contribution in [0.15, 0.2) is 29.2 Å². The Morgan fingerprint density at radius 3 is 2.56 bits per heavy atom. The topological polar surface area (TPSA) is 122 Å². The summed E-state index contributed by atoms with van der Waals surface area (Å²) in [5, 5.41) is 3.09. The van der Waals surface area contributed by atoms with E-state index in [1.807, 2.05) is 6.92 Å². The summed E-state index contributed by atoms with van der Waals surface area (Å²) in [6.07, 6.45) is 0.876. The molecule has 10 nitrogen and oxygen atoms in total. The van der Waals surface area contributed by atoms with Crippen LogP contribution in [0.2, 0.25) is 0 Å². The molecular formula is C24H29N3O7S2. The van der Waals surface area contributed by atoms with Gasteiger partial charge < -0.3 is 19.7 Å². The number of carbonyl (C=O) groups excluding carboxylic acids is 3. The zero-order chi connectivity index (χ0) is 26.0. The second kappa shape index (κ2) is 10.6. The van der Waals surface area contributed by atoms with Crippen LogP contribution < -0.4 is 5.32 Å². The average molecular weight is 536 g/mol. The number of nitrogens with zero attached hydrogens (tertiary/aromatic N) is 2. The number of carbonyl (C=O) groups is 3. The molecule has 1 unspecified atom stereocenters. The van der Waals surface area contributed by atoms with Crippen LogP contribution in [-0.4, -0.2) is 68.4 Å². The maximum absolute atomic E-state index is 13.3. The van der Waals surface area contributed by atoms with E-state index >= 15 is 0 Å². The van der Waals surface area contributed by atoms with Crippen LogP contribution in [0.1, 0.15) is 46.1 Å². The van der Waals surface area contributed by atoms with Crippen molar-refractivity contribution in [3.05, 3.63) is 45.8 Å². The van der Waals surface area contributed by atoms with Crippen LogP contribution in [0.5, 0.6) is 0 Å². The van der Waals surface area contributed by atoms with Gasteiger partial charge in [-0.2, -0.15) is 4.31 Å². The van der Waals surface area contributed by atoms with Crippen LogP contribution in [-0.2, 0) is 37.3 Å². The van der Waals surface area contributed by atoms with Crippen LogP contribution in [0.4, 0.5) is 9.80 Å². The number of aryl methyl sites for hydroxylation is 1. The summed E-state index contributed by atoms with van der Waals surface area (Å²) in [6.45, 7) is 4.69. The number of benzene rings is 1. The molecule has 1 fully saturated rings. The number of fused-ring (bicyclic) bond motifs is 1. The molecule has 2 aromatic rings. The first-order chi connectivity index (χ1) is 17.2. The minimum atomic E-state index is -3.87. The van der Waals surface area contributed by atoms with E-state index in [9.17, 15) is 22.8 Å². The summed E-state index contributed by atoms with van der Waals surface area (Å²) >= 11 is 1.19. The van der Waals surface area contributed by atoms with Crippen molar-refractivity contribution < 1.29 is 32.3 Å². The van der Waals surface area contributed by atoms with Gasteiger partial charge in [-0.15, -0.1) is 11.3 Å². The number of rotatable bonds is 6. The summed E-state index contributed by atoms with van der Waals surface area (Å²) < 4.78 is 37.8. The molecule has 194 valence electrons. The normalized spacial score (nSPS) is 18.0. The lowest BCUT2D eigenvalue weighted by molar-refractivity contribution is -0.119. The zero-order valence-corrected chi connectivity index (χ0v) is 22.0. The Balaban J connectivity index is 1.59. The number of nitrogens with one attached hydrogen (secondary N) is 1. The second-order valence-corrected chi connectivity index (χ2v) is 11.6. The third kappa shape index (κ3) is 4.97. The van der Waals surface area contributed by atoms with Crippen molar-refractivity contribution in [3.8, 4) is 0 Å². The number of methoxy groups -OCH3 is 1. The number of anilines is 1. The van der Waals surface area contributed by atoms with Crippen molar-refractivity contribution in [2.75, 3.05) is 32.1 Å². The number of ether oxygens (including phenoxy) is 2. The molecule has 2 amide bonds. The fourth-order valence-electron chi connectivity index (χ4n) is 4.51. The lowest BCUT2D eigenvalue weighted by Gasteiger charge is -2.26. The molecule has 1 aromatic carbocycles. The quantitative estimate of drug-likeness (QED) is 0.564. The predicted molar refractivity (Wildman–Crippen MR) is 134 cm³/mol. The third-order valence-corrected chi connectivity index (χ3v) is 9.40. The maximum Gasteiger partial charge on any atom is 0.410 e. The molecule has 1 atom stereocenters. The first-order valence-electron chi connectivity index (χ1n) is 11.7. The summed E-state index contributed by atoms with van der Waals surface area (Å²) in [6, 6.07) is 5.61. The molecule has 0 spiro atoms. The molecule has 12 heteroatoms. The van der Waals surface area contributed by atoms with Crippen molar-refractivity contribution in [3.63, 3.8) is 0 Å². The molecule has 1 N–H and O–H groups in total. The summed E-state index contributed by atoms with van der Waals surface area (Å²) in [5.74, 6) is -1.10. The van der Waals surface area contributed by atoms with Gasteiger partial charge in [0.15, 0.2) is 0 Å². The van der Waals surface area contributed by atoms with Crippen molar-refractivity contribution >= 4 is 44.3 Å². The number of hydrogen-bond acceptors (Lipinski definition) is 8. The van der Waals surface area contributed by atoms with Gasteiger partial charge in [0.25, 0.3) is 0 Å². The van der Waals surface area contributed by atoms with E-state index in [1.54, 1.807) is 24.0 Å². The minimum Gasteiger partial charge on any atom is -0.465 e. The summed E-state index contributed by atoms with van der Waals surface area (Å²) in [7, 11) is -2.61. The van der Waals surface area contributed by atoms with Gasteiger partial charge >= 0.3 is 12.1 Å². The number of thiophene rings is 1. The highest BCUT2D eigenvalue weighted by Gasteiger charge is 2.40. The van der Waals surface area contributed by atoms with E-state index in [1.165, 1.54) is 34.9 Å². The molecule has 2 aliphatic heterocycles. The SMILES string of the molecule is CCOC(=O)N1CCc2c(sc(NC(=O)C3CCCN3S(=O)(=O)c3ccc(C)cc3)c2C(=O)OC)C1. The van der Waals surface area contributed by atoms with Gasteiger partial charge in [0.2, 0.25) is 15.9 Å². The molecule has 2 aliphatic rings. The van der Waals surface area contributed by atoms with E-state index in [4.69, 9.17) is 9.47 Å². The van der Waals surface area contributed by atoms with Crippen LogP contribution in [0, 0.1) is 6.92 Å². The highest BCUT2D eigenvalue weighted by Crippen LogP contribution is 2.38. The van der Waals surface area contributed by atoms with Crippen molar-refractivity contribution in [2.45, 2.75) is 50.6 Å². The number of esters is 1. The molecule has 3 heterocycles.